The number of nitrogens with zero attached hydrogens (tertiary/aromatic N) is 2. The van der Waals surface area contributed by atoms with Crippen molar-refractivity contribution in [3.8, 4) is 22.8 Å². The molecule has 10 heteroatoms. The molecular weight excluding hydrogens is 600 g/mol. The van der Waals surface area contributed by atoms with Crippen molar-refractivity contribution in [2.45, 2.75) is 13.0 Å². The van der Waals surface area contributed by atoms with Crippen LogP contribution in [0.1, 0.15) is 29.9 Å². The minimum atomic E-state index is -0.858. The molecular formula is C34H27ClN2O6S. The van der Waals surface area contributed by atoms with E-state index in [1.54, 1.807) is 56.5 Å². The highest BCUT2D eigenvalue weighted by molar-refractivity contribution is 7.07. The zero-order valence-electron chi connectivity index (χ0n) is 24.1. The first-order chi connectivity index (χ1) is 21.4. The zero-order valence-corrected chi connectivity index (χ0v) is 25.6. The first-order valence-electron chi connectivity index (χ1n) is 13.8. The minimum absolute atomic E-state index is 0.155. The number of halogens is 1. The minimum Gasteiger partial charge on any atom is -0.493 e. The van der Waals surface area contributed by atoms with Gasteiger partial charge in [0.1, 0.15) is 11.5 Å². The van der Waals surface area contributed by atoms with Crippen LogP contribution in [0.4, 0.5) is 0 Å². The molecule has 44 heavy (non-hydrogen) atoms. The molecule has 0 saturated heterocycles. The average Bonchev–Trinajstić information content (AvgIpc) is 3.64. The van der Waals surface area contributed by atoms with Crippen LogP contribution in [0.2, 0.25) is 5.02 Å². The number of carbonyl (C=O) groups excluding carboxylic acids is 1. The van der Waals surface area contributed by atoms with Gasteiger partial charge in [0, 0.05) is 22.2 Å². The second-order valence-corrected chi connectivity index (χ2v) is 11.2. The SMILES string of the molecule is CCOC(=O)C1=C(c2ccccc2)N=c2s/c(=C\c3ccc(-c4ccc(Cl)cc4)o3)c(=O)n2[C@@H]1c1ccc(OC)c(OC)c1. The van der Waals surface area contributed by atoms with Crippen LogP contribution in [0.3, 0.4) is 0 Å². The second-order valence-electron chi connectivity index (χ2n) is 9.75. The Morgan fingerprint density at radius 1 is 0.977 bits per heavy atom. The number of hydrogen-bond donors (Lipinski definition) is 0. The van der Waals surface area contributed by atoms with E-state index in [0.717, 1.165) is 11.1 Å². The summed E-state index contributed by atoms with van der Waals surface area (Å²) in [6, 6.07) is 24.8. The van der Waals surface area contributed by atoms with Gasteiger partial charge in [-0.2, -0.15) is 0 Å². The van der Waals surface area contributed by atoms with Gasteiger partial charge >= 0.3 is 5.97 Å². The molecule has 3 aromatic carbocycles. The smallest absolute Gasteiger partial charge is 0.338 e. The summed E-state index contributed by atoms with van der Waals surface area (Å²) in [4.78, 5) is 33.1. The molecule has 3 heterocycles. The van der Waals surface area contributed by atoms with Gasteiger partial charge in [-0.15, -0.1) is 0 Å². The van der Waals surface area contributed by atoms with Crippen molar-refractivity contribution in [3.05, 3.63) is 132 Å². The molecule has 222 valence electrons. The quantitative estimate of drug-likeness (QED) is 0.200. The number of fused-ring (bicyclic) bond motifs is 1. The largest absolute Gasteiger partial charge is 0.493 e. The molecule has 0 unspecified atom stereocenters. The fourth-order valence-corrected chi connectivity index (χ4v) is 6.21. The summed E-state index contributed by atoms with van der Waals surface area (Å²) in [5, 5.41) is 0.628. The third kappa shape index (κ3) is 5.47. The number of aromatic nitrogens is 1. The molecule has 0 amide bonds. The molecule has 2 aromatic heterocycles. The van der Waals surface area contributed by atoms with Crippen LogP contribution in [0, 0.1) is 0 Å². The van der Waals surface area contributed by atoms with E-state index < -0.39 is 12.0 Å². The molecule has 1 aliphatic rings. The lowest BCUT2D eigenvalue weighted by Crippen LogP contribution is -2.40. The van der Waals surface area contributed by atoms with Crippen molar-refractivity contribution < 1.29 is 23.4 Å². The molecule has 8 nitrogen and oxygen atoms in total. The molecule has 0 spiro atoms. The van der Waals surface area contributed by atoms with Crippen LogP contribution in [0.5, 0.6) is 11.5 Å². The van der Waals surface area contributed by atoms with Gasteiger partial charge in [0.2, 0.25) is 0 Å². The molecule has 1 aliphatic heterocycles. The molecule has 1 atom stereocenters. The molecule has 0 saturated carbocycles. The lowest BCUT2D eigenvalue weighted by Gasteiger charge is -2.26. The van der Waals surface area contributed by atoms with E-state index >= 15 is 0 Å². The predicted molar refractivity (Wildman–Crippen MR) is 170 cm³/mol. The Labute approximate surface area is 261 Å². The first-order valence-corrected chi connectivity index (χ1v) is 15.0. The lowest BCUT2D eigenvalue weighted by molar-refractivity contribution is -0.138. The number of methoxy groups -OCH3 is 2. The number of esters is 1. The molecule has 0 bridgehead atoms. The van der Waals surface area contributed by atoms with Crippen LogP contribution in [0.15, 0.2) is 105 Å². The van der Waals surface area contributed by atoms with Gasteiger partial charge in [0.05, 0.1) is 42.7 Å². The number of carbonyl (C=O) groups is 1. The van der Waals surface area contributed by atoms with Crippen LogP contribution < -0.4 is 24.4 Å². The van der Waals surface area contributed by atoms with E-state index in [4.69, 9.17) is 35.2 Å². The molecule has 5 aromatic rings. The Balaban J connectivity index is 1.58. The predicted octanol–water partition coefficient (Wildman–Crippen LogP) is 5.87. The number of thiazole rings is 1. The number of benzene rings is 3. The number of hydrogen-bond acceptors (Lipinski definition) is 8. The Bertz CT molecular complexity index is 2060. The van der Waals surface area contributed by atoms with Crippen LogP contribution in [-0.2, 0) is 9.53 Å². The number of furan rings is 1. The summed E-state index contributed by atoms with van der Waals surface area (Å²) in [6.07, 6.45) is 1.69. The van der Waals surface area contributed by atoms with E-state index in [1.165, 1.54) is 23.0 Å². The maximum Gasteiger partial charge on any atom is 0.338 e. The van der Waals surface area contributed by atoms with Gasteiger partial charge in [-0.1, -0.05) is 59.3 Å². The third-order valence-electron chi connectivity index (χ3n) is 7.13. The summed E-state index contributed by atoms with van der Waals surface area (Å²) >= 11 is 7.25. The Kier molecular flexibility index (Phi) is 8.23. The van der Waals surface area contributed by atoms with Crippen molar-refractivity contribution >= 4 is 40.7 Å². The maximum absolute atomic E-state index is 14.2. The molecule has 0 N–H and O–H groups in total. The summed E-state index contributed by atoms with van der Waals surface area (Å²) in [5.41, 5.74) is 2.55. The summed E-state index contributed by atoms with van der Waals surface area (Å²) in [6.45, 7) is 1.89. The van der Waals surface area contributed by atoms with E-state index in [9.17, 15) is 9.59 Å². The van der Waals surface area contributed by atoms with Crippen molar-refractivity contribution in [1.29, 1.82) is 0 Å². The first kappa shape index (κ1) is 29.2. The van der Waals surface area contributed by atoms with Crippen molar-refractivity contribution in [2.24, 2.45) is 4.99 Å². The van der Waals surface area contributed by atoms with E-state index in [-0.39, 0.29) is 17.7 Å². The normalized spacial score (nSPS) is 14.6. The molecule has 0 radical (unpaired) electrons. The average molecular weight is 627 g/mol. The highest BCUT2D eigenvalue weighted by Gasteiger charge is 2.35. The van der Waals surface area contributed by atoms with Gasteiger partial charge in [0.15, 0.2) is 16.3 Å². The molecule has 0 aliphatic carbocycles. The van der Waals surface area contributed by atoms with E-state index in [2.05, 4.69) is 0 Å². The summed E-state index contributed by atoms with van der Waals surface area (Å²) in [7, 11) is 3.08. The summed E-state index contributed by atoms with van der Waals surface area (Å²) < 4.78 is 24.6. The van der Waals surface area contributed by atoms with Gasteiger partial charge in [-0.05, 0) is 61.0 Å². The number of rotatable bonds is 8. The van der Waals surface area contributed by atoms with Crippen molar-refractivity contribution in [1.82, 2.24) is 4.57 Å². The van der Waals surface area contributed by atoms with Crippen LogP contribution >= 0.6 is 22.9 Å². The monoisotopic (exact) mass is 626 g/mol. The highest BCUT2D eigenvalue weighted by Crippen LogP contribution is 2.38. The Hall–Kier alpha value is -4.86. The molecule has 0 fully saturated rings. The topological polar surface area (TPSA) is 92.3 Å². The number of ether oxygens (including phenoxy) is 3. The van der Waals surface area contributed by atoms with E-state index in [0.29, 0.717) is 48.6 Å². The maximum atomic E-state index is 14.2. The second kappa shape index (κ2) is 12.4. The van der Waals surface area contributed by atoms with Gasteiger partial charge in [-0.25, -0.2) is 9.79 Å². The van der Waals surface area contributed by atoms with Gasteiger partial charge < -0.3 is 18.6 Å². The fourth-order valence-electron chi connectivity index (χ4n) is 5.11. The van der Waals surface area contributed by atoms with Gasteiger partial charge in [0.25, 0.3) is 5.56 Å². The van der Waals surface area contributed by atoms with Crippen LogP contribution in [0.25, 0.3) is 23.1 Å². The lowest BCUT2D eigenvalue weighted by atomic mass is 9.93. The van der Waals surface area contributed by atoms with Crippen molar-refractivity contribution in [3.63, 3.8) is 0 Å². The fraction of sp³-hybridized carbons (Fsp3) is 0.147. The van der Waals surface area contributed by atoms with Crippen molar-refractivity contribution in [2.75, 3.05) is 20.8 Å². The van der Waals surface area contributed by atoms with E-state index in [1.807, 2.05) is 48.5 Å². The van der Waals surface area contributed by atoms with Crippen LogP contribution in [-0.4, -0.2) is 31.4 Å². The Morgan fingerprint density at radius 3 is 2.43 bits per heavy atom. The Morgan fingerprint density at radius 2 is 1.73 bits per heavy atom. The standard InChI is InChI=1S/C34H27ClN2O6S/c1-4-42-33(39)29-30(21-8-6-5-7-9-21)36-34-37(31(29)22-12-16-26(40-2)27(18-22)41-3)32(38)28(44-34)19-24-15-17-25(43-24)20-10-13-23(35)14-11-20/h5-19,31H,4H2,1-3H3/b28-19-/t31-/m1/s1. The van der Waals surface area contributed by atoms with Gasteiger partial charge in [-0.3, -0.25) is 9.36 Å². The highest BCUT2D eigenvalue weighted by atomic mass is 35.5. The summed E-state index contributed by atoms with van der Waals surface area (Å²) in [5.74, 6) is 1.54. The zero-order chi connectivity index (χ0) is 30.8. The molecule has 6 rings (SSSR count). The third-order valence-corrected chi connectivity index (χ3v) is 8.36.